The van der Waals surface area contributed by atoms with Crippen molar-refractivity contribution in [3.8, 4) is 11.4 Å². The van der Waals surface area contributed by atoms with E-state index in [1.807, 2.05) is 31.2 Å². The van der Waals surface area contributed by atoms with Crippen LogP contribution in [0.3, 0.4) is 0 Å². The van der Waals surface area contributed by atoms with Crippen LogP contribution in [0.4, 0.5) is 11.4 Å². The number of piperazine rings is 1. The van der Waals surface area contributed by atoms with Gasteiger partial charge in [-0.25, -0.2) is 14.0 Å². The molecule has 14 nitrogen and oxygen atoms in total. The molecule has 0 amide bonds. The quantitative estimate of drug-likeness (QED) is 0.259. The maximum Gasteiger partial charge on any atom is 0.350 e. The summed E-state index contributed by atoms with van der Waals surface area (Å²) in [4.78, 5) is 19.1. The third-order valence-electron chi connectivity index (χ3n) is 8.90. The van der Waals surface area contributed by atoms with Gasteiger partial charge in [0.2, 0.25) is 0 Å². The van der Waals surface area contributed by atoms with Crippen LogP contribution in [0.2, 0.25) is 0 Å². The fourth-order valence-electron chi connectivity index (χ4n) is 6.05. The van der Waals surface area contributed by atoms with Gasteiger partial charge in [-0.15, -0.1) is 0 Å². The number of benzene rings is 2. The summed E-state index contributed by atoms with van der Waals surface area (Å²) in [5.41, 5.74) is 3.01. The van der Waals surface area contributed by atoms with Crippen LogP contribution < -0.4 is 25.5 Å². The highest BCUT2D eigenvalue weighted by Gasteiger charge is 2.48. The van der Waals surface area contributed by atoms with E-state index in [1.165, 1.54) is 4.80 Å². The first-order valence-corrected chi connectivity index (χ1v) is 16.2. The molecule has 0 radical (unpaired) electrons. The van der Waals surface area contributed by atoms with Gasteiger partial charge in [-0.3, -0.25) is 0 Å². The summed E-state index contributed by atoms with van der Waals surface area (Å²) < 4.78 is 27.7. The largest absolute Gasteiger partial charge is 0.491 e. The number of hydrogen-bond donors (Lipinski definition) is 1. The highest BCUT2D eigenvalue weighted by Crippen LogP contribution is 2.34. The van der Waals surface area contributed by atoms with Crippen molar-refractivity contribution in [2.45, 2.75) is 44.7 Å². The summed E-state index contributed by atoms with van der Waals surface area (Å²) in [6.07, 6.45) is 7.20. The Balaban J connectivity index is 0.908. The highest BCUT2D eigenvalue weighted by atomic mass is 16.8. The van der Waals surface area contributed by atoms with Crippen molar-refractivity contribution >= 4 is 11.4 Å². The minimum atomic E-state index is -1.12. The van der Waals surface area contributed by atoms with Gasteiger partial charge in [0, 0.05) is 50.3 Å². The fourth-order valence-corrected chi connectivity index (χ4v) is 6.05. The first kappa shape index (κ1) is 30.8. The minimum absolute atomic E-state index is 0.0701. The zero-order chi connectivity index (χ0) is 32.2. The Labute approximate surface area is 273 Å². The Morgan fingerprint density at radius 1 is 0.957 bits per heavy atom. The molecule has 4 aromatic rings. The van der Waals surface area contributed by atoms with Crippen LogP contribution in [0.25, 0.3) is 5.69 Å². The Kier molecular flexibility index (Phi) is 8.85. The van der Waals surface area contributed by atoms with Crippen molar-refractivity contribution in [3.63, 3.8) is 0 Å². The van der Waals surface area contributed by atoms with Gasteiger partial charge >= 0.3 is 5.69 Å². The number of aromatic nitrogens is 6. The van der Waals surface area contributed by atoms with Crippen molar-refractivity contribution in [3.05, 3.63) is 89.7 Å². The number of nitrogens with zero attached hydrogens (tertiary/aromatic N) is 8. The summed E-state index contributed by atoms with van der Waals surface area (Å²) in [6.45, 7) is 9.85. The molecule has 1 N–H and O–H groups in total. The lowest BCUT2D eigenvalue weighted by Crippen LogP contribution is -2.46. The maximum absolute atomic E-state index is 12.8. The average Bonchev–Trinajstić information content (AvgIpc) is 3.89. The van der Waals surface area contributed by atoms with Crippen molar-refractivity contribution in [1.29, 1.82) is 0 Å². The molecule has 2 saturated heterocycles. The van der Waals surface area contributed by atoms with E-state index >= 15 is 0 Å². The van der Waals surface area contributed by atoms with E-state index in [9.17, 15) is 4.79 Å². The highest BCUT2D eigenvalue weighted by molar-refractivity contribution is 5.54. The molecule has 2 fully saturated rings. The zero-order valence-corrected chi connectivity index (χ0v) is 26.8. The van der Waals surface area contributed by atoms with Crippen LogP contribution in [0, 0.1) is 0 Å². The second kappa shape index (κ2) is 13.5. The number of hydrogen-bond acceptors (Lipinski definition) is 11. The standard InChI is InChI=1S/C33H41N9O5/c1-3-25(2)42-32(43)40(24-37-42)28-6-4-26(5-7-28)38-15-17-39(18-16-38)27-8-10-29(11-9-27)45-21-30-22-46-33(47-30,23-41-35-12-13-36-41)31-20-34-14-19-44-31/h4-13,20,24-25,30,34H,3,14-19,21-23H2,1-2H3/t25?,30-,33-/m1/s1. The lowest BCUT2D eigenvalue weighted by molar-refractivity contribution is -0.183. The van der Waals surface area contributed by atoms with Crippen LogP contribution in [-0.4, -0.2) is 93.8 Å². The van der Waals surface area contributed by atoms with Gasteiger partial charge in [0.25, 0.3) is 5.79 Å². The van der Waals surface area contributed by atoms with Gasteiger partial charge in [0.05, 0.1) is 30.7 Å². The third kappa shape index (κ3) is 6.56. The Hall–Kier alpha value is -4.82. The van der Waals surface area contributed by atoms with Crippen molar-refractivity contribution < 1.29 is 18.9 Å². The maximum atomic E-state index is 12.8. The smallest absolute Gasteiger partial charge is 0.350 e. The van der Waals surface area contributed by atoms with Crippen LogP contribution in [-0.2, 0) is 20.8 Å². The topological polar surface area (TPSA) is 126 Å². The summed E-state index contributed by atoms with van der Waals surface area (Å²) in [7, 11) is 0. The molecule has 0 saturated carbocycles. The van der Waals surface area contributed by atoms with E-state index in [4.69, 9.17) is 18.9 Å². The summed E-state index contributed by atoms with van der Waals surface area (Å²) in [6, 6.07) is 16.4. The second-order valence-electron chi connectivity index (χ2n) is 12.0. The molecule has 5 heterocycles. The molecule has 2 aromatic carbocycles. The molecular formula is C33H41N9O5. The number of rotatable bonds is 11. The molecule has 14 heteroatoms. The van der Waals surface area contributed by atoms with Gasteiger partial charge in [0.15, 0.2) is 5.76 Å². The summed E-state index contributed by atoms with van der Waals surface area (Å²) in [5.74, 6) is 0.226. The van der Waals surface area contributed by atoms with Gasteiger partial charge in [-0.1, -0.05) is 6.92 Å². The molecule has 3 aliphatic heterocycles. The molecule has 3 atom stereocenters. The van der Waals surface area contributed by atoms with E-state index in [2.05, 4.69) is 61.6 Å². The van der Waals surface area contributed by atoms with E-state index in [0.717, 1.165) is 62.0 Å². The SMILES string of the molecule is CCC(C)n1ncn(-c2ccc(N3CCN(c4ccc(OC[C@@H]5CO[C@@](Cn6nccn6)(C6=CNCCO6)O5)cc4)CC3)cc2)c1=O. The summed E-state index contributed by atoms with van der Waals surface area (Å²) in [5, 5.41) is 15.9. The fraction of sp³-hybridized carbons (Fsp3) is 0.455. The van der Waals surface area contributed by atoms with E-state index in [-0.39, 0.29) is 24.4 Å². The van der Waals surface area contributed by atoms with Gasteiger partial charge in [-0.05, 0) is 61.9 Å². The van der Waals surface area contributed by atoms with Gasteiger partial charge in [-0.2, -0.15) is 20.1 Å². The van der Waals surface area contributed by atoms with Crippen LogP contribution in [0.15, 0.2) is 84.0 Å². The Morgan fingerprint density at radius 2 is 1.62 bits per heavy atom. The van der Waals surface area contributed by atoms with E-state index in [1.54, 1.807) is 34.2 Å². The molecule has 47 heavy (non-hydrogen) atoms. The monoisotopic (exact) mass is 643 g/mol. The molecular weight excluding hydrogens is 602 g/mol. The Bertz CT molecular complexity index is 1700. The predicted molar refractivity (Wildman–Crippen MR) is 175 cm³/mol. The van der Waals surface area contributed by atoms with Gasteiger partial charge in [0.1, 0.15) is 37.9 Å². The average molecular weight is 644 g/mol. The molecule has 0 aliphatic carbocycles. The third-order valence-corrected chi connectivity index (χ3v) is 8.90. The first-order chi connectivity index (χ1) is 23.0. The van der Waals surface area contributed by atoms with Crippen molar-refractivity contribution in [2.75, 3.05) is 62.3 Å². The van der Waals surface area contributed by atoms with Crippen molar-refractivity contribution in [1.82, 2.24) is 34.7 Å². The molecule has 1 unspecified atom stereocenters. The van der Waals surface area contributed by atoms with E-state index < -0.39 is 5.79 Å². The van der Waals surface area contributed by atoms with Crippen LogP contribution >= 0.6 is 0 Å². The molecule has 0 bridgehead atoms. The molecule has 2 aromatic heterocycles. The number of ether oxygens (including phenoxy) is 4. The lowest BCUT2D eigenvalue weighted by atomic mass is 10.2. The van der Waals surface area contributed by atoms with E-state index in [0.29, 0.717) is 25.6 Å². The lowest BCUT2D eigenvalue weighted by Gasteiger charge is -2.37. The Morgan fingerprint density at radius 3 is 2.26 bits per heavy atom. The molecule has 3 aliphatic rings. The number of anilines is 2. The van der Waals surface area contributed by atoms with Crippen LogP contribution in [0.1, 0.15) is 26.3 Å². The molecule has 7 rings (SSSR count). The minimum Gasteiger partial charge on any atom is -0.491 e. The first-order valence-electron chi connectivity index (χ1n) is 16.2. The predicted octanol–water partition coefficient (Wildman–Crippen LogP) is 2.58. The second-order valence-corrected chi connectivity index (χ2v) is 12.0. The number of nitrogens with one attached hydrogen (secondary N) is 1. The van der Waals surface area contributed by atoms with Gasteiger partial charge < -0.3 is 34.1 Å². The summed E-state index contributed by atoms with van der Waals surface area (Å²) >= 11 is 0. The zero-order valence-electron chi connectivity index (χ0n) is 26.8. The molecule has 0 spiro atoms. The normalized spacial score (nSPS) is 22.0. The van der Waals surface area contributed by atoms with Crippen molar-refractivity contribution in [2.24, 2.45) is 0 Å². The van der Waals surface area contributed by atoms with Crippen LogP contribution in [0.5, 0.6) is 5.75 Å². The molecule has 248 valence electrons.